The first kappa shape index (κ1) is 37.7. The molecule has 0 atom stereocenters. The predicted molar refractivity (Wildman–Crippen MR) is 251 cm³/mol. The average molecular weight is 792 g/mol. The molecule has 8 aromatic carbocycles. The summed E-state index contributed by atoms with van der Waals surface area (Å²) in [5.41, 5.74) is 16.2. The highest BCUT2D eigenvalue weighted by Gasteiger charge is 2.16. The van der Waals surface area contributed by atoms with Gasteiger partial charge in [0.05, 0.1) is 34.4 Å². The van der Waals surface area contributed by atoms with Crippen LogP contribution in [0.2, 0.25) is 0 Å². The largest absolute Gasteiger partial charge is 0.228 e. The lowest BCUT2D eigenvalue weighted by Gasteiger charge is -2.16. The summed E-state index contributed by atoms with van der Waals surface area (Å²) in [5.74, 6) is 1.34. The van der Waals surface area contributed by atoms with Crippen LogP contribution in [0.4, 0.5) is 0 Å². The highest BCUT2D eigenvalue weighted by molar-refractivity contribution is 5.90. The van der Waals surface area contributed by atoms with Gasteiger partial charge in [-0.2, -0.15) is 5.26 Å². The van der Waals surface area contributed by atoms with E-state index in [1.807, 2.05) is 121 Å². The molecule has 0 fully saturated rings. The summed E-state index contributed by atoms with van der Waals surface area (Å²) in [7, 11) is 0. The number of rotatable bonds is 9. The summed E-state index contributed by atoms with van der Waals surface area (Å²) in [5, 5.41) is 9.52. The molecule has 0 aliphatic heterocycles. The number of nitriles is 1. The van der Waals surface area contributed by atoms with E-state index in [0.29, 0.717) is 17.2 Å². The molecule has 0 saturated heterocycles. The molecule has 0 saturated carbocycles. The van der Waals surface area contributed by atoms with Gasteiger partial charge in [0.1, 0.15) is 0 Å². The highest BCUT2D eigenvalue weighted by Crippen LogP contribution is 2.39. The second kappa shape index (κ2) is 16.9. The minimum absolute atomic E-state index is 0.625. The molecule has 5 nitrogen and oxygen atoms in total. The molecule has 0 aliphatic carbocycles. The molecular formula is C57H37N5. The average Bonchev–Trinajstić information content (AvgIpc) is 3.37. The van der Waals surface area contributed by atoms with Crippen molar-refractivity contribution in [3.05, 3.63) is 230 Å². The van der Waals surface area contributed by atoms with E-state index in [1.165, 1.54) is 0 Å². The maximum Gasteiger partial charge on any atom is 0.160 e. The van der Waals surface area contributed by atoms with Crippen molar-refractivity contribution in [3.63, 3.8) is 0 Å². The van der Waals surface area contributed by atoms with Crippen LogP contribution in [0.25, 0.3) is 101 Å². The Hall–Kier alpha value is -8.59. The molecule has 0 amide bonds. The second-order valence-corrected chi connectivity index (χ2v) is 15.0. The molecule has 0 N–H and O–H groups in total. The van der Waals surface area contributed by atoms with E-state index in [9.17, 15) is 5.26 Å². The topological polar surface area (TPSA) is 75.3 Å². The zero-order valence-electron chi connectivity index (χ0n) is 33.6. The maximum absolute atomic E-state index is 9.52. The van der Waals surface area contributed by atoms with Crippen LogP contribution in [0.1, 0.15) is 5.56 Å². The molecule has 5 heteroatoms. The first-order valence-corrected chi connectivity index (χ1v) is 20.5. The zero-order valence-corrected chi connectivity index (χ0v) is 33.6. The second-order valence-electron chi connectivity index (χ2n) is 15.0. The van der Waals surface area contributed by atoms with Crippen LogP contribution in [0.5, 0.6) is 0 Å². The lowest BCUT2D eigenvalue weighted by molar-refractivity contribution is 1.18. The lowest BCUT2D eigenvalue weighted by atomic mass is 9.89. The number of hydrogen-bond acceptors (Lipinski definition) is 5. The molecule has 0 bridgehead atoms. The van der Waals surface area contributed by atoms with Gasteiger partial charge in [0.2, 0.25) is 0 Å². The van der Waals surface area contributed by atoms with E-state index in [2.05, 4.69) is 109 Å². The van der Waals surface area contributed by atoms with Crippen LogP contribution < -0.4 is 0 Å². The first-order valence-electron chi connectivity index (χ1n) is 20.5. The molecule has 0 spiro atoms. The summed E-state index contributed by atoms with van der Waals surface area (Å²) >= 11 is 0. The Morgan fingerprint density at radius 2 is 0.629 bits per heavy atom. The molecule has 0 aliphatic rings. The van der Waals surface area contributed by atoms with Crippen molar-refractivity contribution in [2.75, 3.05) is 0 Å². The molecule has 290 valence electrons. The fraction of sp³-hybridized carbons (Fsp3) is 0. The summed E-state index contributed by atoms with van der Waals surface area (Å²) in [6.45, 7) is 0. The zero-order chi connectivity index (χ0) is 41.7. The Bertz CT molecular complexity index is 3100. The van der Waals surface area contributed by atoms with Crippen LogP contribution in [-0.4, -0.2) is 19.9 Å². The van der Waals surface area contributed by atoms with E-state index in [0.717, 1.165) is 89.5 Å². The van der Waals surface area contributed by atoms with E-state index in [4.69, 9.17) is 19.9 Å². The number of hydrogen-bond donors (Lipinski definition) is 0. The third-order valence-electron chi connectivity index (χ3n) is 11.0. The Labute approximate surface area is 361 Å². The van der Waals surface area contributed by atoms with Gasteiger partial charge in [-0.3, -0.25) is 0 Å². The Kier molecular flexibility index (Phi) is 10.3. The predicted octanol–water partition coefficient (Wildman–Crippen LogP) is 14.1. The number of nitrogens with zero attached hydrogens (tertiary/aromatic N) is 5. The van der Waals surface area contributed by atoms with E-state index in [1.54, 1.807) is 0 Å². The molecule has 10 aromatic rings. The van der Waals surface area contributed by atoms with E-state index < -0.39 is 0 Å². The van der Waals surface area contributed by atoms with Gasteiger partial charge in [-0.25, -0.2) is 19.9 Å². The monoisotopic (exact) mass is 791 g/mol. The van der Waals surface area contributed by atoms with Crippen LogP contribution in [0.15, 0.2) is 224 Å². The minimum atomic E-state index is 0.625. The number of benzene rings is 8. The summed E-state index contributed by atoms with van der Waals surface area (Å²) < 4.78 is 0. The Morgan fingerprint density at radius 3 is 1.08 bits per heavy atom. The molecule has 2 aromatic heterocycles. The SMILES string of the molecule is N#Cc1ccc(-c2ccc(-c3cccc(-c4cc(-c5ccccc5)nc(-c5ccccc5)n4)c3)c(-c3cccc(-c4cc(-c5ccccc5)nc(-c5ccccc5)n4)c3)c2)cc1. The summed E-state index contributed by atoms with van der Waals surface area (Å²) in [6.07, 6.45) is 0. The van der Waals surface area contributed by atoms with Gasteiger partial charge in [-0.1, -0.05) is 182 Å². The fourth-order valence-corrected chi connectivity index (χ4v) is 7.78. The van der Waals surface area contributed by atoms with Crippen molar-refractivity contribution in [2.45, 2.75) is 0 Å². The van der Waals surface area contributed by atoms with Gasteiger partial charge in [0, 0.05) is 33.4 Å². The number of aromatic nitrogens is 4. The lowest BCUT2D eigenvalue weighted by Crippen LogP contribution is -1.96. The minimum Gasteiger partial charge on any atom is -0.228 e. The van der Waals surface area contributed by atoms with E-state index in [-0.39, 0.29) is 0 Å². The molecule has 62 heavy (non-hydrogen) atoms. The normalized spacial score (nSPS) is 10.9. The fourth-order valence-electron chi connectivity index (χ4n) is 7.78. The van der Waals surface area contributed by atoms with Crippen molar-refractivity contribution >= 4 is 0 Å². The van der Waals surface area contributed by atoms with E-state index >= 15 is 0 Å². The molecule has 10 rings (SSSR count). The van der Waals surface area contributed by atoms with Crippen LogP contribution in [-0.2, 0) is 0 Å². The third kappa shape index (κ3) is 7.92. The molecule has 0 unspecified atom stereocenters. The summed E-state index contributed by atoms with van der Waals surface area (Å²) in [6, 6.07) is 78.7. The quantitative estimate of drug-likeness (QED) is 0.145. The first-order chi connectivity index (χ1) is 30.6. The maximum atomic E-state index is 9.52. The standard InChI is InChI=1S/C57H37N5/c58-38-39-27-29-40(30-28-39)45-31-32-50(46-23-13-25-48(33-46)54-36-52(41-15-5-1-6-16-41)59-56(61-54)43-19-9-3-10-20-43)51(35-45)47-24-14-26-49(34-47)55-37-53(42-17-7-2-8-18-42)60-57(62-55)44-21-11-4-12-22-44/h1-37H. The summed E-state index contributed by atoms with van der Waals surface area (Å²) in [4.78, 5) is 20.3. The van der Waals surface area contributed by atoms with Crippen LogP contribution in [0, 0.1) is 11.3 Å². The Morgan fingerprint density at radius 1 is 0.258 bits per heavy atom. The van der Waals surface area contributed by atoms with Gasteiger partial charge in [0.25, 0.3) is 0 Å². The van der Waals surface area contributed by atoms with Gasteiger partial charge in [-0.05, 0) is 75.8 Å². The molecule has 2 heterocycles. The van der Waals surface area contributed by atoms with Crippen molar-refractivity contribution in [1.82, 2.24) is 19.9 Å². The highest BCUT2D eigenvalue weighted by atomic mass is 14.9. The van der Waals surface area contributed by atoms with Crippen LogP contribution in [0.3, 0.4) is 0 Å². The van der Waals surface area contributed by atoms with Gasteiger partial charge >= 0.3 is 0 Å². The Balaban J connectivity index is 1.12. The molecular weight excluding hydrogens is 755 g/mol. The third-order valence-corrected chi connectivity index (χ3v) is 11.0. The van der Waals surface area contributed by atoms with Crippen molar-refractivity contribution in [3.8, 4) is 107 Å². The van der Waals surface area contributed by atoms with Gasteiger partial charge in [-0.15, -0.1) is 0 Å². The van der Waals surface area contributed by atoms with Crippen LogP contribution >= 0.6 is 0 Å². The smallest absolute Gasteiger partial charge is 0.160 e. The van der Waals surface area contributed by atoms with Crippen molar-refractivity contribution in [1.29, 1.82) is 5.26 Å². The molecule has 0 radical (unpaired) electrons. The van der Waals surface area contributed by atoms with Gasteiger partial charge < -0.3 is 0 Å². The van der Waals surface area contributed by atoms with Crippen molar-refractivity contribution in [2.24, 2.45) is 0 Å². The van der Waals surface area contributed by atoms with Gasteiger partial charge in [0.15, 0.2) is 11.6 Å². The van der Waals surface area contributed by atoms with Crippen molar-refractivity contribution < 1.29 is 0 Å².